The Labute approximate surface area is 116 Å². The SMILES string of the molecule is CNc1ncc(Cl)c(Oc2ccc(Br)c(F)c2)n1. The first-order valence-electron chi connectivity index (χ1n) is 4.93. The van der Waals surface area contributed by atoms with Crippen LogP contribution in [0.1, 0.15) is 0 Å². The lowest BCUT2D eigenvalue weighted by atomic mass is 10.3. The second kappa shape index (κ2) is 5.49. The number of rotatable bonds is 3. The van der Waals surface area contributed by atoms with E-state index in [-0.39, 0.29) is 10.9 Å². The summed E-state index contributed by atoms with van der Waals surface area (Å²) in [5, 5.41) is 3.01. The highest BCUT2D eigenvalue weighted by atomic mass is 79.9. The van der Waals surface area contributed by atoms with E-state index in [2.05, 4.69) is 31.2 Å². The van der Waals surface area contributed by atoms with Crippen molar-refractivity contribution in [3.05, 3.63) is 39.7 Å². The summed E-state index contributed by atoms with van der Waals surface area (Å²) in [7, 11) is 1.67. The van der Waals surface area contributed by atoms with Gasteiger partial charge in [0.2, 0.25) is 11.8 Å². The zero-order chi connectivity index (χ0) is 13.1. The topological polar surface area (TPSA) is 47.0 Å². The van der Waals surface area contributed by atoms with Crippen LogP contribution < -0.4 is 10.1 Å². The van der Waals surface area contributed by atoms with Crippen LogP contribution in [0, 0.1) is 5.82 Å². The van der Waals surface area contributed by atoms with E-state index in [4.69, 9.17) is 16.3 Å². The molecule has 0 unspecified atom stereocenters. The van der Waals surface area contributed by atoms with Crippen LogP contribution in [0.2, 0.25) is 5.02 Å². The molecule has 2 aromatic rings. The van der Waals surface area contributed by atoms with E-state index < -0.39 is 5.82 Å². The fraction of sp³-hybridized carbons (Fsp3) is 0.0909. The number of ether oxygens (including phenoxy) is 1. The minimum Gasteiger partial charge on any atom is -0.437 e. The number of anilines is 1. The monoisotopic (exact) mass is 331 g/mol. The van der Waals surface area contributed by atoms with Crippen LogP contribution in [-0.4, -0.2) is 17.0 Å². The Morgan fingerprint density at radius 3 is 2.89 bits per heavy atom. The molecule has 0 aliphatic rings. The van der Waals surface area contributed by atoms with Crippen molar-refractivity contribution in [2.75, 3.05) is 12.4 Å². The standard InChI is InChI=1S/C11H8BrClFN3O/c1-15-11-16-5-8(13)10(17-11)18-6-2-3-7(12)9(14)4-6/h2-5H,1H3,(H,15,16,17). The van der Waals surface area contributed by atoms with Crippen molar-refractivity contribution < 1.29 is 9.13 Å². The molecule has 1 heterocycles. The van der Waals surface area contributed by atoms with Crippen molar-refractivity contribution in [3.8, 4) is 11.6 Å². The third kappa shape index (κ3) is 2.88. The molecule has 4 nitrogen and oxygen atoms in total. The molecule has 0 aliphatic carbocycles. The van der Waals surface area contributed by atoms with Gasteiger partial charge < -0.3 is 10.1 Å². The minimum atomic E-state index is -0.425. The minimum absolute atomic E-state index is 0.165. The molecule has 1 aromatic heterocycles. The fourth-order valence-electron chi connectivity index (χ4n) is 1.20. The largest absolute Gasteiger partial charge is 0.437 e. The van der Waals surface area contributed by atoms with Gasteiger partial charge in [0.25, 0.3) is 0 Å². The summed E-state index contributed by atoms with van der Waals surface area (Å²) in [6.07, 6.45) is 1.41. The van der Waals surface area contributed by atoms with Crippen LogP contribution >= 0.6 is 27.5 Å². The van der Waals surface area contributed by atoms with Gasteiger partial charge in [-0.05, 0) is 28.1 Å². The van der Waals surface area contributed by atoms with E-state index in [1.54, 1.807) is 19.2 Å². The van der Waals surface area contributed by atoms with E-state index in [1.165, 1.54) is 12.3 Å². The zero-order valence-corrected chi connectivity index (χ0v) is 11.6. The van der Waals surface area contributed by atoms with E-state index >= 15 is 0 Å². The molecule has 0 fully saturated rings. The van der Waals surface area contributed by atoms with Crippen LogP contribution in [-0.2, 0) is 0 Å². The van der Waals surface area contributed by atoms with Gasteiger partial charge in [0.05, 0.1) is 10.7 Å². The first-order chi connectivity index (χ1) is 8.60. The lowest BCUT2D eigenvalue weighted by Gasteiger charge is -2.08. The molecule has 0 amide bonds. The molecule has 7 heteroatoms. The smallest absolute Gasteiger partial charge is 0.243 e. The summed E-state index contributed by atoms with van der Waals surface area (Å²) in [6, 6.07) is 4.38. The first-order valence-corrected chi connectivity index (χ1v) is 6.10. The molecule has 0 spiro atoms. The van der Waals surface area contributed by atoms with Gasteiger partial charge in [0.15, 0.2) is 0 Å². The molecule has 94 valence electrons. The Hall–Kier alpha value is -1.40. The van der Waals surface area contributed by atoms with Crippen molar-refractivity contribution in [1.82, 2.24) is 9.97 Å². The Morgan fingerprint density at radius 2 is 2.22 bits per heavy atom. The molecule has 2 rings (SSSR count). The molecule has 1 N–H and O–H groups in total. The maximum atomic E-state index is 13.3. The lowest BCUT2D eigenvalue weighted by Crippen LogP contribution is -1.98. The average molecular weight is 333 g/mol. The van der Waals surface area contributed by atoms with Crippen LogP contribution in [0.15, 0.2) is 28.9 Å². The van der Waals surface area contributed by atoms with Crippen LogP contribution in [0.25, 0.3) is 0 Å². The molecule has 0 atom stereocenters. The lowest BCUT2D eigenvalue weighted by molar-refractivity contribution is 0.457. The normalized spacial score (nSPS) is 10.2. The molecular formula is C11H8BrClFN3O. The maximum Gasteiger partial charge on any atom is 0.243 e. The summed E-state index contributed by atoms with van der Waals surface area (Å²) in [5.41, 5.74) is 0. The predicted octanol–water partition coefficient (Wildman–Crippen LogP) is 3.87. The summed E-state index contributed by atoms with van der Waals surface area (Å²) >= 11 is 8.95. The Bertz CT molecular complexity index is 582. The van der Waals surface area contributed by atoms with E-state index in [1.807, 2.05) is 0 Å². The predicted molar refractivity (Wildman–Crippen MR) is 70.8 cm³/mol. The summed E-state index contributed by atoms with van der Waals surface area (Å²) in [6.45, 7) is 0. The number of aromatic nitrogens is 2. The molecule has 0 bridgehead atoms. The van der Waals surface area contributed by atoms with E-state index in [0.717, 1.165) is 0 Å². The third-order valence-electron chi connectivity index (χ3n) is 2.04. The van der Waals surface area contributed by atoms with E-state index in [9.17, 15) is 4.39 Å². The van der Waals surface area contributed by atoms with Gasteiger partial charge in [-0.25, -0.2) is 9.37 Å². The molecule has 1 aromatic carbocycles. The number of halogens is 3. The van der Waals surface area contributed by atoms with Crippen molar-refractivity contribution in [2.24, 2.45) is 0 Å². The molecule has 0 radical (unpaired) electrons. The van der Waals surface area contributed by atoms with Gasteiger partial charge in [-0.2, -0.15) is 4.98 Å². The van der Waals surface area contributed by atoms with Gasteiger partial charge in [-0.1, -0.05) is 11.6 Å². The van der Waals surface area contributed by atoms with Gasteiger partial charge in [0, 0.05) is 13.1 Å². The number of hydrogen-bond donors (Lipinski definition) is 1. The zero-order valence-electron chi connectivity index (χ0n) is 9.25. The highest BCUT2D eigenvalue weighted by Crippen LogP contribution is 2.29. The summed E-state index contributed by atoms with van der Waals surface area (Å²) in [5.74, 6) is 0.412. The number of nitrogens with one attached hydrogen (secondary N) is 1. The van der Waals surface area contributed by atoms with Gasteiger partial charge in [0.1, 0.15) is 16.6 Å². The maximum absolute atomic E-state index is 13.3. The molecule has 0 saturated heterocycles. The van der Waals surface area contributed by atoms with Crippen molar-refractivity contribution >= 4 is 33.5 Å². The Kier molecular flexibility index (Phi) is 3.98. The Balaban J connectivity index is 2.30. The quantitative estimate of drug-likeness (QED) is 0.927. The van der Waals surface area contributed by atoms with Gasteiger partial charge in [-0.3, -0.25) is 0 Å². The number of nitrogens with zero attached hydrogens (tertiary/aromatic N) is 2. The summed E-state index contributed by atoms with van der Waals surface area (Å²) < 4.78 is 19.1. The first kappa shape index (κ1) is 13.0. The van der Waals surface area contributed by atoms with Crippen molar-refractivity contribution in [3.63, 3.8) is 0 Å². The highest BCUT2D eigenvalue weighted by Gasteiger charge is 2.09. The van der Waals surface area contributed by atoms with Gasteiger partial charge in [-0.15, -0.1) is 0 Å². The van der Waals surface area contributed by atoms with E-state index in [0.29, 0.717) is 16.2 Å². The average Bonchev–Trinajstić information content (AvgIpc) is 2.36. The van der Waals surface area contributed by atoms with Crippen LogP contribution in [0.5, 0.6) is 11.6 Å². The second-order valence-electron chi connectivity index (χ2n) is 3.27. The highest BCUT2D eigenvalue weighted by molar-refractivity contribution is 9.10. The second-order valence-corrected chi connectivity index (χ2v) is 4.54. The van der Waals surface area contributed by atoms with Crippen molar-refractivity contribution in [1.29, 1.82) is 0 Å². The van der Waals surface area contributed by atoms with Gasteiger partial charge >= 0.3 is 0 Å². The number of hydrogen-bond acceptors (Lipinski definition) is 4. The van der Waals surface area contributed by atoms with Crippen LogP contribution in [0.3, 0.4) is 0 Å². The third-order valence-corrected chi connectivity index (χ3v) is 2.94. The Morgan fingerprint density at radius 1 is 1.44 bits per heavy atom. The molecular weight excluding hydrogens is 324 g/mol. The number of benzene rings is 1. The van der Waals surface area contributed by atoms with Crippen LogP contribution in [0.4, 0.5) is 10.3 Å². The fourth-order valence-corrected chi connectivity index (χ4v) is 1.57. The summed E-state index contributed by atoms with van der Waals surface area (Å²) in [4.78, 5) is 7.94. The van der Waals surface area contributed by atoms with Crippen molar-refractivity contribution in [2.45, 2.75) is 0 Å². The molecule has 0 aliphatic heterocycles. The molecule has 0 saturated carbocycles. The molecule has 18 heavy (non-hydrogen) atoms.